The fraction of sp³-hybridized carbons (Fsp3) is 0.500. The molecular weight excluding hydrogens is 332 g/mol. The number of aliphatic carboxylic acids is 1. The molecule has 0 aliphatic carbocycles. The van der Waals surface area contributed by atoms with Crippen LogP contribution < -0.4 is 21.7 Å². The van der Waals surface area contributed by atoms with Gasteiger partial charge in [-0.2, -0.15) is 0 Å². The van der Waals surface area contributed by atoms with E-state index in [-0.39, 0.29) is 0 Å². The first kappa shape index (κ1) is 20.3. The van der Waals surface area contributed by atoms with Gasteiger partial charge in [-0.05, 0) is 14.0 Å². The number of imide groups is 1. The second-order valence-electron chi connectivity index (χ2n) is 5.41. The van der Waals surface area contributed by atoms with Crippen LogP contribution in [0.4, 0.5) is 0 Å². The topological polar surface area (TPSA) is 179 Å². The number of aromatic amines is 1. The quantitative estimate of drug-likeness (QED) is 0.281. The van der Waals surface area contributed by atoms with Gasteiger partial charge in [0.2, 0.25) is 17.7 Å². The van der Waals surface area contributed by atoms with Crippen LogP contribution in [0.2, 0.25) is 0 Å². The van der Waals surface area contributed by atoms with Gasteiger partial charge in [-0.1, -0.05) is 0 Å². The maximum atomic E-state index is 12.1. The van der Waals surface area contributed by atoms with Crippen molar-refractivity contribution in [3.8, 4) is 0 Å². The molecule has 0 aromatic carbocycles. The van der Waals surface area contributed by atoms with Crippen molar-refractivity contribution in [2.75, 3.05) is 7.05 Å². The molecule has 0 saturated carbocycles. The Bertz CT molecular complexity index is 617. The smallest absolute Gasteiger partial charge is 0.305 e. The fourth-order valence-electron chi connectivity index (χ4n) is 1.93. The largest absolute Gasteiger partial charge is 0.481 e. The fourth-order valence-corrected chi connectivity index (χ4v) is 1.93. The Balaban J connectivity index is 2.53. The molecule has 7 N–H and O–H groups in total. The lowest BCUT2D eigenvalue weighted by atomic mass is 10.1. The van der Waals surface area contributed by atoms with Crippen LogP contribution in [0.5, 0.6) is 0 Å². The van der Waals surface area contributed by atoms with Crippen LogP contribution in [-0.4, -0.2) is 63.9 Å². The van der Waals surface area contributed by atoms with Gasteiger partial charge in [0.1, 0.15) is 6.04 Å². The molecule has 25 heavy (non-hydrogen) atoms. The van der Waals surface area contributed by atoms with Crippen molar-refractivity contribution in [1.82, 2.24) is 25.9 Å². The van der Waals surface area contributed by atoms with E-state index in [1.54, 1.807) is 13.2 Å². The summed E-state index contributed by atoms with van der Waals surface area (Å²) in [6.07, 6.45) is 2.76. The summed E-state index contributed by atoms with van der Waals surface area (Å²) >= 11 is 0. The molecule has 0 aliphatic rings. The van der Waals surface area contributed by atoms with Crippen LogP contribution in [0.15, 0.2) is 12.5 Å². The van der Waals surface area contributed by atoms with Gasteiger partial charge in [-0.3, -0.25) is 24.5 Å². The summed E-state index contributed by atoms with van der Waals surface area (Å²) in [4.78, 5) is 53.1. The molecule has 0 fully saturated rings. The normalized spacial score (nSPS) is 14.2. The molecule has 0 aliphatic heterocycles. The monoisotopic (exact) mass is 354 g/mol. The summed E-state index contributed by atoms with van der Waals surface area (Å²) in [5.74, 6) is -3.32. The van der Waals surface area contributed by atoms with Crippen LogP contribution >= 0.6 is 0 Å². The standard InChI is InChI=1S/C14H22N6O5/c1-7(19-13(24)9(15)4-11(21)22)12(23)20-14(25)10(16-2)3-8-5-17-6-18-8/h5-7,9-10,16H,3-4,15H2,1-2H3,(H,17,18)(H,19,24)(H,21,22)(H,20,23,25)/t7-,9-,10-/m0/s1. The van der Waals surface area contributed by atoms with E-state index in [1.807, 2.05) is 0 Å². The van der Waals surface area contributed by atoms with E-state index in [0.717, 1.165) is 0 Å². The number of H-pyrrole nitrogens is 1. The number of imidazole rings is 1. The zero-order chi connectivity index (χ0) is 19.0. The number of rotatable bonds is 9. The number of carbonyl (C=O) groups excluding carboxylic acids is 3. The Hall–Kier alpha value is -2.79. The molecule has 3 amide bonds. The Kier molecular flexibility index (Phi) is 7.69. The number of hydrogen-bond donors (Lipinski definition) is 6. The van der Waals surface area contributed by atoms with E-state index in [4.69, 9.17) is 10.8 Å². The number of amides is 3. The second-order valence-corrected chi connectivity index (χ2v) is 5.41. The molecule has 1 aromatic rings. The lowest BCUT2D eigenvalue weighted by Gasteiger charge is -2.18. The molecule has 138 valence electrons. The zero-order valence-electron chi connectivity index (χ0n) is 13.9. The second kappa shape index (κ2) is 9.49. The highest BCUT2D eigenvalue weighted by Crippen LogP contribution is 1.99. The lowest BCUT2D eigenvalue weighted by Crippen LogP contribution is -2.54. The van der Waals surface area contributed by atoms with Gasteiger partial charge in [0.05, 0.1) is 24.8 Å². The number of likely N-dealkylation sites (N-methyl/N-ethyl adjacent to an activating group) is 1. The summed E-state index contributed by atoms with van der Waals surface area (Å²) in [5, 5.41) is 15.8. The number of hydrogen-bond acceptors (Lipinski definition) is 7. The molecular formula is C14H22N6O5. The van der Waals surface area contributed by atoms with Gasteiger partial charge in [-0.25, -0.2) is 4.98 Å². The SMILES string of the molecule is CN[C@@H](Cc1cnc[nH]1)C(=O)NC(=O)[C@H](C)NC(=O)[C@@H](N)CC(=O)O. The summed E-state index contributed by atoms with van der Waals surface area (Å²) in [5.41, 5.74) is 6.11. The molecule has 1 aromatic heterocycles. The van der Waals surface area contributed by atoms with Gasteiger partial charge in [0, 0.05) is 18.3 Å². The summed E-state index contributed by atoms with van der Waals surface area (Å²) in [6.45, 7) is 1.36. The average Bonchev–Trinajstić information content (AvgIpc) is 3.04. The van der Waals surface area contributed by atoms with Crippen LogP contribution in [0.25, 0.3) is 0 Å². The first-order valence-corrected chi connectivity index (χ1v) is 7.51. The molecule has 11 heteroatoms. The zero-order valence-corrected chi connectivity index (χ0v) is 13.9. The predicted octanol–water partition coefficient (Wildman–Crippen LogP) is -2.51. The molecule has 0 bridgehead atoms. The summed E-state index contributed by atoms with van der Waals surface area (Å²) < 4.78 is 0. The highest BCUT2D eigenvalue weighted by atomic mass is 16.4. The lowest BCUT2D eigenvalue weighted by molar-refractivity contribution is -0.139. The first-order chi connectivity index (χ1) is 11.7. The Labute approximate surface area is 143 Å². The van der Waals surface area contributed by atoms with Crippen molar-refractivity contribution in [1.29, 1.82) is 0 Å². The minimum Gasteiger partial charge on any atom is -0.481 e. The molecule has 0 radical (unpaired) electrons. The Morgan fingerprint density at radius 2 is 1.96 bits per heavy atom. The van der Waals surface area contributed by atoms with Gasteiger partial charge < -0.3 is 26.5 Å². The Morgan fingerprint density at radius 1 is 1.28 bits per heavy atom. The van der Waals surface area contributed by atoms with E-state index in [9.17, 15) is 19.2 Å². The highest BCUT2D eigenvalue weighted by molar-refractivity contribution is 6.01. The van der Waals surface area contributed by atoms with Crippen LogP contribution in [0.1, 0.15) is 19.0 Å². The van der Waals surface area contributed by atoms with Crippen LogP contribution in [0.3, 0.4) is 0 Å². The summed E-state index contributed by atoms with van der Waals surface area (Å²) in [6, 6.07) is -3.02. The van der Waals surface area contributed by atoms with Gasteiger partial charge >= 0.3 is 5.97 Å². The van der Waals surface area contributed by atoms with E-state index in [1.165, 1.54) is 13.3 Å². The van der Waals surface area contributed by atoms with Gasteiger partial charge in [0.25, 0.3) is 0 Å². The van der Waals surface area contributed by atoms with E-state index in [0.29, 0.717) is 12.1 Å². The Morgan fingerprint density at radius 3 is 2.48 bits per heavy atom. The molecule has 0 spiro atoms. The van der Waals surface area contributed by atoms with Crippen LogP contribution in [0, 0.1) is 0 Å². The third kappa shape index (κ3) is 6.69. The molecule has 1 heterocycles. The number of carboxylic acids is 1. The number of nitrogens with two attached hydrogens (primary N) is 1. The van der Waals surface area contributed by atoms with Crippen molar-refractivity contribution in [3.63, 3.8) is 0 Å². The van der Waals surface area contributed by atoms with Crippen molar-refractivity contribution >= 4 is 23.7 Å². The molecule has 11 nitrogen and oxygen atoms in total. The first-order valence-electron chi connectivity index (χ1n) is 7.51. The molecule has 1 rings (SSSR count). The van der Waals surface area contributed by atoms with Crippen molar-refractivity contribution in [2.45, 2.75) is 37.9 Å². The average molecular weight is 354 g/mol. The minimum absolute atomic E-state index is 0.292. The minimum atomic E-state index is -1.28. The van der Waals surface area contributed by atoms with E-state index >= 15 is 0 Å². The van der Waals surface area contributed by atoms with Gasteiger partial charge in [-0.15, -0.1) is 0 Å². The van der Waals surface area contributed by atoms with E-state index in [2.05, 4.69) is 25.9 Å². The third-order valence-corrected chi connectivity index (χ3v) is 3.37. The summed E-state index contributed by atoms with van der Waals surface area (Å²) in [7, 11) is 1.57. The number of aromatic nitrogens is 2. The maximum Gasteiger partial charge on any atom is 0.305 e. The number of carboxylic acid groups (broad SMARTS) is 1. The van der Waals surface area contributed by atoms with Crippen molar-refractivity contribution in [2.24, 2.45) is 5.73 Å². The maximum absolute atomic E-state index is 12.1. The van der Waals surface area contributed by atoms with Gasteiger partial charge in [0.15, 0.2) is 0 Å². The number of nitrogens with one attached hydrogen (secondary N) is 4. The number of nitrogens with zero attached hydrogens (tertiary/aromatic N) is 1. The van der Waals surface area contributed by atoms with E-state index < -0.39 is 48.2 Å². The predicted molar refractivity (Wildman–Crippen MR) is 86.1 cm³/mol. The third-order valence-electron chi connectivity index (χ3n) is 3.37. The number of carbonyl (C=O) groups is 4. The molecule has 0 saturated heterocycles. The van der Waals surface area contributed by atoms with Crippen molar-refractivity contribution < 1.29 is 24.3 Å². The molecule has 3 atom stereocenters. The molecule has 0 unspecified atom stereocenters. The van der Waals surface area contributed by atoms with Crippen molar-refractivity contribution in [3.05, 3.63) is 18.2 Å². The highest BCUT2D eigenvalue weighted by Gasteiger charge is 2.25. The van der Waals surface area contributed by atoms with Crippen LogP contribution in [-0.2, 0) is 25.6 Å².